The van der Waals surface area contributed by atoms with E-state index >= 15 is 0 Å². The first-order chi connectivity index (χ1) is 10.4. The van der Waals surface area contributed by atoms with Crippen LogP contribution in [0.5, 0.6) is 5.75 Å². The Morgan fingerprint density at radius 3 is 2.64 bits per heavy atom. The van der Waals surface area contributed by atoms with Gasteiger partial charge < -0.3 is 4.74 Å². The zero-order chi connectivity index (χ0) is 15.9. The van der Waals surface area contributed by atoms with Gasteiger partial charge in [0.2, 0.25) is 0 Å². The van der Waals surface area contributed by atoms with Gasteiger partial charge in [0.15, 0.2) is 11.6 Å². The van der Waals surface area contributed by atoms with Gasteiger partial charge in [0.1, 0.15) is 0 Å². The summed E-state index contributed by atoms with van der Waals surface area (Å²) in [4.78, 5) is -0.0747. The highest BCUT2D eigenvalue weighted by atomic mass is 32.2. The second-order valence-electron chi connectivity index (χ2n) is 5.28. The molecule has 0 saturated carbocycles. The van der Waals surface area contributed by atoms with Crippen LogP contribution in [0.2, 0.25) is 0 Å². The second-order valence-corrected chi connectivity index (χ2v) is 7.09. The molecular formula is C16H16FNO3S. The zero-order valence-corrected chi connectivity index (χ0v) is 13.1. The van der Waals surface area contributed by atoms with E-state index in [-0.39, 0.29) is 16.7 Å². The van der Waals surface area contributed by atoms with E-state index in [1.807, 2.05) is 19.1 Å². The van der Waals surface area contributed by atoms with Gasteiger partial charge in [0, 0.05) is 6.04 Å². The molecule has 0 amide bonds. The van der Waals surface area contributed by atoms with E-state index in [0.29, 0.717) is 12.1 Å². The predicted octanol–water partition coefficient (Wildman–Crippen LogP) is 2.97. The number of hydrogen-bond acceptors (Lipinski definition) is 3. The highest BCUT2D eigenvalue weighted by molar-refractivity contribution is 7.92. The van der Waals surface area contributed by atoms with Crippen LogP contribution in [-0.4, -0.2) is 21.6 Å². The number of sulfonamides is 1. The Morgan fingerprint density at radius 2 is 1.95 bits per heavy atom. The molecule has 1 aliphatic rings. The molecule has 1 aliphatic heterocycles. The molecule has 0 spiro atoms. The fraction of sp³-hybridized carbons (Fsp3) is 0.250. The Balaban J connectivity index is 2.09. The smallest absolute Gasteiger partial charge is 0.264 e. The first kappa shape index (κ1) is 14.8. The lowest BCUT2D eigenvalue weighted by molar-refractivity contribution is 0.385. The third-order valence-corrected chi connectivity index (χ3v) is 5.75. The number of para-hydroxylation sites is 1. The minimum Gasteiger partial charge on any atom is -0.494 e. The van der Waals surface area contributed by atoms with Crippen molar-refractivity contribution in [2.75, 3.05) is 11.4 Å². The number of nitrogens with zero attached hydrogens (tertiary/aromatic N) is 1. The first-order valence-corrected chi connectivity index (χ1v) is 8.35. The molecule has 1 atom stereocenters. The van der Waals surface area contributed by atoms with Crippen LogP contribution in [0.1, 0.15) is 12.5 Å². The predicted molar refractivity (Wildman–Crippen MR) is 82.2 cm³/mol. The maximum absolute atomic E-state index is 13.9. The van der Waals surface area contributed by atoms with Crippen LogP contribution in [0.15, 0.2) is 47.4 Å². The lowest BCUT2D eigenvalue weighted by Crippen LogP contribution is -2.35. The average Bonchev–Trinajstić information content (AvgIpc) is 2.83. The van der Waals surface area contributed by atoms with E-state index in [1.54, 1.807) is 12.1 Å². The first-order valence-electron chi connectivity index (χ1n) is 6.91. The van der Waals surface area contributed by atoms with Crippen LogP contribution in [0.3, 0.4) is 0 Å². The molecule has 2 aromatic rings. The van der Waals surface area contributed by atoms with E-state index in [4.69, 9.17) is 4.74 Å². The van der Waals surface area contributed by atoms with Gasteiger partial charge in [0.25, 0.3) is 10.0 Å². The lowest BCUT2D eigenvalue weighted by atomic mass is 10.1. The minimum atomic E-state index is -3.81. The van der Waals surface area contributed by atoms with Crippen LogP contribution in [0, 0.1) is 5.82 Å². The standard InChI is InChI=1S/C16H16FNO3S/c1-11-9-12-5-3-4-6-15(12)18(11)22(19,20)13-7-8-16(21-2)14(17)10-13/h3-8,10-11H,9H2,1-2H3/t11-/m0/s1. The van der Waals surface area contributed by atoms with Crippen molar-refractivity contribution in [3.05, 3.63) is 53.8 Å². The number of rotatable bonds is 3. The lowest BCUT2D eigenvalue weighted by Gasteiger charge is -2.24. The Bertz CT molecular complexity index is 820. The van der Waals surface area contributed by atoms with E-state index in [9.17, 15) is 12.8 Å². The Morgan fingerprint density at radius 1 is 1.23 bits per heavy atom. The van der Waals surface area contributed by atoms with Crippen molar-refractivity contribution in [2.45, 2.75) is 24.3 Å². The highest BCUT2D eigenvalue weighted by Gasteiger charge is 2.36. The number of halogens is 1. The molecule has 0 unspecified atom stereocenters. The number of anilines is 1. The quantitative estimate of drug-likeness (QED) is 0.873. The van der Waals surface area contributed by atoms with Crippen molar-refractivity contribution in [3.8, 4) is 5.75 Å². The van der Waals surface area contributed by atoms with Crippen molar-refractivity contribution in [1.29, 1.82) is 0 Å². The van der Waals surface area contributed by atoms with Gasteiger partial charge in [-0.2, -0.15) is 0 Å². The van der Waals surface area contributed by atoms with E-state index in [1.165, 1.54) is 23.5 Å². The van der Waals surface area contributed by atoms with Gasteiger partial charge in [-0.25, -0.2) is 12.8 Å². The molecule has 0 bridgehead atoms. The van der Waals surface area contributed by atoms with E-state index < -0.39 is 15.8 Å². The third-order valence-electron chi connectivity index (χ3n) is 3.82. The Labute approximate surface area is 129 Å². The molecule has 0 saturated heterocycles. The molecule has 1 heterocycles. The minimum absolute atomic E-state index is 0.0221. The van der Waals surface area contributed by atoms with E-state index in [2.05, 4.69) is 0 Å². The normalized spacial score (nSPS) is 17.4. The van der Waals surface area contributed by atoms with Crippen LogP contribution in [0.4, 0.5) is 10.1 Å². The summed E-state index contributed by atoms with van der Waals surface area (Å²) in [6.45, 7) is 1.84. The van der Waals surface area contributed by atoms with Crippen molar-refractivity contribution < 1.29 is 17.5 Å². The molecule has 22 heavy (non-hydrogen) atoms. The van der Waals surface area contributed by atoms with Gasteiger partial charge in [-0.15, -0.1) is 0 Å². The van der Waals surface area contributed by atoms with Crippen LogP contribution >= 0.6 is 0 Å². The molecule has 6 heteroatoms. The van der Waals surface area contributed by atoms with Gasteiger partial charge >= 0.3 is 0 Å². The number of methoxy groups -OCH3 is 1. The summed E-state index contributed by atoms with van der Waals surface area (Å²) < 4.78 is 45.8. The largest absolute Gasteiger partial charge is 0.494 e. The summed E-state index contributed by atoms with van der Waals surface area (Å²) in [7, 11) is -2.47. The zero-order valence-electron chi connectivity index (χ0n) is 12.3. The van der Waals surface area contributed by atoms with Gasteiger partial charge in [0.05, 0.1) is 17.7 Å². The Hall–Kier alpha value is -2.08. The summed E-state index contributed by atoms with van der Waals surface area (Å²) in [5, 5.41) is 0. The second kappa shape index (κ2) is 5.28. The molecule has 0 radical (unpaired) electrons. The molecule has 0 fully saturated rings. The highest BCUT2D eigenvalue weighted by Crippen LogP contribution is 2.37. The molecular weight excluding hydrogens is 305 g/mol. The van der Waals surface area contributed by atoms with Crippen molar-refractivity contribution in [2.24, 2.45) is 0 Å². The van der Waals surface area contributed by atoms with Crippen LogP contribution < -0.4 is 9.04 Å². The summed E-state index contributed by atoms with van der Waals surface area (Å²) in [5.41, 5.74) is 1.64. The van der Waals surface area contributed by atoms with Crippen LogP contribution in [-0.2, 0) is 16.4 Å². The topological polar surface area (TPSA) is 46.6 Å². The maximum Gasteiger partial charge on any atom is 0.264 e. The molecule has 116 valence electrons. The number of hydrogen-bond donors (Lipinski definition) is 0. The average molecular weight is 321 g/mol. The fourth-order valence-electron chi connectivity index (χ4n) is 2.82. The Kier molecular flexibility index (Phi) is 3.56. The SMILES string of the molecule is COc1ccc(S(=O)(=O)N2c3ccccc3C[C@@H]2C)cc1F. The van der Waals surface area contributed by atoms with Crippen LogP contribution in [0.25, 0.3) is 0 Å². The number of ether oxygens (including phenoxy) is 1. The fourth-order valence-corrected chi connectivity index (χ4v) is 4.53. The number of fused-ring (bicyclic) bond motifs is 1. The van der Waals surface area contributed by atoms with Gasteiger partial charge in [-0.3, -0.25) is 4.31 Å². The molecule has 0 aliphatic carbocycles. The van der Waals surface area contributed by atoms with Crippen molar-refractivity contribution in [3.63, 3.8) is 0 Å². The van der Waals surface area contributed by atoms with E-state index in [0.717, 1.165) is 11.6 Å². The maximum atomic E-state index is 13.9. The summed E-state index contributed by atoms with van der Waals surface area (Å²) in [5.74, 6) is -0.669. The summed E-state index contributed by atoms with van der Waals surface area (Å²) in [6, 6.07) is 10.9. The summed E-state index contributed by atoms with van der Waals surface area (Å²) in [6.07, 6.45) is 0.647. The molecule has 0 N–H and O–H groups in total. The molecule has 0 aromatic heterocycles. The van der Waals surface area contributed by atoms with Crippen molar-refractivity contribution >= 4 is 15.7 Å². The van der Waals surface area contributed by atoms with Gasteiger partial charge in [-0.05, 0) is 43.2 Å². The third kappa shape index (κ3) is 2.23. The van der Waals surface area contributed by atoms with Crippen molar-refractivity contribution in [1.82, 2.24) is 0 Å². The molecule has 4 nitrogen and oxygen atoms in total. The summed E-state index contributed by atoms with van der Waals surface area (Å²) >= 11 is 0. The molecule has 3 rings (SSSR count). The molecule has 2 aromatic carbocycles. The number of benzene rings is 2. The van der Waals surface area contributed by atoms with Gasteiger partial charge in [-0.1, -0.05) is 18.2 Å². The monoisotopic (exact) mass is 321 g/mol.